The van der Waals surface area contributed by atoms with Gasteiger partial charge in [-0.3, -0.25) is 4.79 Å². The number of hydrogen-bond donors (Lipinski definition) is 1. The van der Waals surface area contributed by atoms with Crippen LogP contribution in [0, 0.1) is 5.41 Å². The number of nitrogens with zero attached hydrogens (tertiary/aromatic N) is 1. The fourth-order valence-electron chi connectivity index (χ4n) is 1.93. The van der Waals surface area contributed by atoms with Crippen LogP contribution in [0.4, 0.5) is 0 Å². The molecule has 1 aliphatic rings. The Labute approximate surface area is 99.6 Å². The molecule has 1 N–H and O–H groups in total. The first-order valence-corrected chi connectivity index (χ1v) is 6.42. The Morgan fingerprint density at radius 2 is 1.81 bits per heavy atom. The smallest absolute Gasteiger partial charge is 0.239 e. The highest BCUT2D eigenvalue weighted by molar-refractivity contribution is 5.81. The molecule has 3 nitrogen and oxygen atoms in total. The highest BCUT2D eigenvalue weighted by Gasteiger charge is 2.22. The largest absolute Gasteiger partial charge is 0.341 e. The van der Waals surface area contributed by atoms with E-state index in [1.807, 2.05) is 11.8 Å². The quantitative estimate of drug-likeness (QED) is 0.798. The molecule has 1 saturated heterocycles. The fourth-order valence-corrected chi connectivity index (χ4v) is 1.93. The zero-order valence-electron chi connectivity index (χ0n) is 11.2. The Bertz CT molecular complexity index is 227. The molecule has 16 heavy (non-hydrogen) atoms. The Hall–Kier alpha value is -0.570. The molecular weight excluding hydrogens is 200 g/mol. The van der Waals surface area contributed by atoms with E-state index in [-0.39, 0.29) is 17.4 Å². The van der Waals surface area contributed by atoms with Gasteiger partial charge in [-0.25, -0.2) is 0 Å². The molecule has 0 bridgehead atoms. The average Bonchev–Trinajstić information content (AvgIpc) is 2.25. The van der Waals surface area contributed by atoms with Gasteiger partial charge in [0.15, 0.2) is 0 Å². The van der Waals surface area contributed by atoms with Crippen molar-refractivity contribution in [3.8, 4) is 0 Å². The molecule has 0 spiro atoms. The summed E-state index contributed by atoms with van der Waals surface area (Å²) in [4.78, 5) is 14.1. The number of carbonyl (C=O) groups is 1. The summed E-state index contributed by atoms with van der Waals surface area (Å²) >= 11 is 0. The van der Waals surface area contributed by atoms with E-state index in [4.69, 9.17) is 0 Å². The predicted octanol–water partition coefficient (Wildman–Crippen LogP) is 2.02. The highest BCUT2D eigenvalue weighted by Crippen LogP contribution is 2.12. The van der Waals surface area contributed by atoms with Crippen molar-refractivity contribution in [3.63, 3.8) is 0 Å². The van der Waals surface area contributed by atoms with Gasteiger partial charge in [-0.1, -0.05) is 20.8 Å². The predicted molar refractivity (Wildman–Crippen MR) is 67.4 cm³/mol. The van der Waals surface area contributed by atoms with Crippen LogP contribution in [0.5, 0.6) is 0 Å². The number of carbonyl (C=O) groups excluding carboxylic acids is 1. The number of rotatable bonds is 3. The third kappa shape index (κ3) is 4.52. The van der Waals surface area contributed by atoms with Crippen LogP contribution < -0.4 is 5.32 Å². The number of piperidine rings is 1. The molecule has 0 aliphatic carbocycles. The minimum atomic E-state index is -0.0441. The van der Waals surface area contributed by atoms with Crippen LogP contribution in [0.3, 0.4) is 0 Å². The van der Waals surface area contributed by atoms with E-state index in [0.717, 1.165) is 32.5 Å². The first-order chi connectivity index (χ1) is 7.40. The lowest BCUT2D eigenvalue weighted by atomic mass is 9.96. The molecule has 1 amide bonds. The van der Waals surface area contributed by atoms with Crippen molar-refractivity contribution >= 4 is 5.91 Å². The normalized spacial score (nSPS) is 19.6. The maximum absolute atomic E-state index is 12.1. The standard InChI is InChI=1S/C13H26N2O/c1-11(14-10-13(2,3)4)12(16)15-8-6-5-7-9-15/h11,14H,5-10H2,1-4H3. The summed E-state index contributed by atoms with van der Waals surface area (Å²) in [5.41, 5.74) is 0.233. The molecule has 0 saturated carbocycles. The summed E-state index contributed by atoms with van der Waals surface area (Å²) in [5.74, 6) is 0.268. The molecule has 1 unspecified atom stereocenters. The molecule has 1 aliphatic heterocycles. The molecule has 1 rings (SSSR count). The summed E-state index contributed by atoms with van der Waals surface area (Å²) < 4.78 is 0. The Balaban J connectivity index is 2.34. The average molecular weight is 226 g/mol. The monoisotopic (exact) mass is 226 g/mol. The van der Waals surface area contributed by atoms with Crippen LogP contribution in [0.1, 0.15) is 47.0 Å². The molecule has 0 aromatic heterocycles. The molecule has 0 aromatic carbocycles. The zero-order valence-corrected chi connectivity index (χ0v) is 11.2. The van der Waals surface area contributed by atoms with Gasteiger partial charge in [0.25, 0.3) is 0 Å². The Morgan fingerprint density at radius 1 is 1.25 bits per heavy atom. The van der Waals surface area contributed by atoms with E-state index in [1.165, 1.54) is 6.42 Å². The van der Waals surface area contributed by atoms with E-state index in [0.29, 0.717) is 0 Å². The van der Waals surface area contributed by atoms with Gasteiger partial charge in [-0.2, -0.15) is 0 Å². The second-order valence-corrected chi connectivity index (χ2v) is 6.05. The molecule has 1 atom stereocenters. The van der Waals surface area contributed by atoms with Crippen LogP contribution >= 0.6 is 0 Å². The van der Waals surface area contributed by atoms with Gasteiger partial charge in [-0.15, -0.1) is 0 Å². The van der Waals surface area contributed by atoms with Crippen molar-refractivity contribution in [1.82, 2.24) is 10.2 Å². The lowest BCUT2D eigenvalue weighted by Gasteiger charge is -2.30. The summed E-state index contributed by atoms with van der Waals surface area (Å²) in [6.45, 7) is 11.3. The fraction of sp³-hybridized carbons (Fsp3) is 0.923. The molecule has 0 aromatic rings. The summed E-state index contributed by atoms with van der Waals surface area (Å²) in [7, 11) is 0. The number of amides is 1. The summed E-state index contributed by atoms with van der Waals surface area (Å²) in [6, 6.07) is -0.0441. The molecule has 1 fully saturated rings. The van der Waals surface area contributed by atoms with Crippen molar-refractivity contribution in [2.45, 2.75) is 53.0 Å². The van der Waals surface area contributed by atoms with Gasteiger partial charge >= 0.3 is 0 Å². The van der Waals surface area contributed by atoms with E-state index in [2.05, 4.69) is 26.1 Å². The highest BCUT2D eigenvalue weighted by atomic mass is 16.2. The molecular formula is C13H26N2O. The van der Waals surface area contributed by atoms with Crippen LogP contribution in [0.15, 0.2) is 0 Å². The maximum Gasteiger partial charge on any atom is 0.239 e. The van der Waals surface area contributed by atoms with Crippen LogP contribution in [0.25, 0.3) is 0 Å². The van der Waals surface area contributed by atoms with Gasteiger partial charge in [0.1, 0.15) is 0 Å². The molecule has 0 radical (unpaired) electrons. The lowest BCUT2D eigenvalue weighted by Crippen LogP contribution is -2.48. The number of likely N-dealkylation sites (tertiary alicyclic amines) is 1. The molecule has 3 heteroatoms. The third-order valence-electron chi connectivity index (χ3n) is 2.98. The van der Waals surface area contributed by atoms with Crippen molar-refractivity contribution in [3.05, 3.63) is 0 Å². The van der Waals surface area contributed by atoms with Gasteiger partial charge in [0.05, 0.1) is 6.04 Å². The van der Waals surface area contributed by atoms with Crippen LogP contribution in [-0.4, -0.2) is 36.5 Å². The number of nitrogens with one attached hydrogen (secondary N) is 1. The topological polar surface area (TPSA) is 32.3 Å². The minimum absolute atomic E-state index is 0.0441. The van der Waals surface area contributed by atoms with E-state index in [9.17, 15) is 4.79 Å². The van der Waals surface area contributed by atoms with Crippen molar-refractivity contribution < 1.29 is 4.79 Å². The SMILES string of the molecule is CC(NCC(C)(C)C)C(=O)N1CCCCC1. The maximum atomic E-state index is 12.1. The van der Waals surface area contributed by atoms with Gasteiger partial charge in [0, 0.05) is 19.6 Å². The molecule has 94 valence electrons. The number of hydrogen-bond acceptors (Lipinski definition) is 2. The van der Waals surface area contributed by atoms with Crippen molar-refractivity contribution in [2.24, 2.45) is 5.41 Å². The second-order valence-electron chi connectivity index (χ2n) is 6.05. The van der Waals surface area contributed by atoms with E-state index < -0.39 is 0 Å². The first kappa shape index (κ1) is 13.5. The van der Waals surface area contributed by atoms with Crippen molar-refractivity contribution in [1.29, 1.82) is 0 Å². The lowest BCUT2D eigenvalue weighted by molar-refractivity contribution is -0.134. The summed E-state index contributed by atoms with van der Waals surface area (Å²) in [6.07, 6.45) is 3.60. The van der Waals surface area contributed by atoms with Gasteiger partial charge < -0.3 is 10.2 Å². The van der Waals surface area contributed by atoms with Crippen molar-refractivity contribution in [2.75, 3.05) is 19.6 Å². The Kier molecular flexibility index (Phi) is 4.78. The minimum Gasteiger partial charge on any atom is -0.341 e. The second kappa shape index (κ2) is 5.67. The molecule has 1 heterocycles. The zero-order chi connectivity index (χ0) is 12.2. The van der Waals surface area contributed by atoms with E-state index >= 15 is 0 Å². The third-order valence-corrected chi connectivity index (χ3v) is 2.98. The Morgan fingerprint density at radius 3 is 2.31 bits per heavy atom. The van der Waals surface area contributed by atoms with Crippen LogP contribution in [-0.2, 0) is 4.79 Å². The first-order valence-electron chi connectivity index (χ1n) is 6.42. The van der Waals surface area contributed by atoms with E-state index in [1.54, 1.807) is 0 Å². The van der Waals surface area contributed by atoms with Gasteiger partial charge in [0.2, 0.25) is 5.91 Å². The van der Waals surface area contributed by atoms with Crippen LogP contribution in [0.2, 0.25) is 0 Å². The van der Waals surface area contributed by atoms with Gasteiger partial charge in [-0.05, 0) is 31.6 Å². The summed E-state index contributed by atoms with van der Waals surface area (Å²) in [5, 5.41) is 3.33.